The Morgan fingerprint density at radius 2 is 2.33 bits per heavy atom. The van der Waals surface area contributed by atoms with Gasteiger partial charge in [0.05, 0.1) is 0 Å². The first-order valence-corrected chi connectivity index (χ1v) is 8.86. The lowest BCUT2D eigenvalue weighted by molar-refractivity contribution is 0.0953. The molecular formula is C10H16N4OS3. The van der Waals surface area contributed by atoms with E-state index in [0.29, 0.717) is 21.9 Å². The van der Waals surface area contributed by atoms with Crippen LogP contribution in [0.5, 0.6) is 0 Å². The normalized spacial score (nSPS) is 19.5. The molecule has 18 heavy (non-hydrogen) atoms. The first-order valence-electron chi connectivity index (χ1n) is 5.84. The van der Waals surface area contributed by atoms with Gasteiger partial charge in [0.2, 0.25) is 10.1 Å². The lowest BCUT2D eigenvalue weighted by atomic mass is 10.4. The molecule has 1 saturated heterocycles. The number of anilines is 1. The zero-order valence-electron chi connectivity index (χ0n) is 10.1. The van der Waals surface area contributed by atoms with Gasteiger partial charge >= 0.3 is 0 Å². The van der Waals surface area contributed by atoms with E-state index in [1.54, 1.807) is 0 Å². The zero-order chi connectivity index (χ0) is 12.8. The topological polar surface area (TPSA) is 66.9 Å². The maximum Gasteiger partial charge on any atom is 0.282 e. The summed E-state index contributed by atoms with van der Waals surface area (Å²) >= 11 is 5.18. The molecule has 2 heterocycles. The second-order valence-corrected chi connectivity index (χ2v) is 7.26. The molecule has 1 aliphatic heterocycles. The largest absolute Gasteiger partial charge is 0.360 e. The third-order valence-electron chi connectivity index (χ3n) is 2.32. The standard InChI is InChI=1S/C10H16N4OS3/c1-2-11-10-14-13-9(18-10)8(15)12-5-7-6-16-3-4-17-7/h7H,2-6H2,1H3,(H,11,14)(H,12,15). The first kappa shape index (κ1) is 14.0. The van der Waals surface area contributed by atoms with E-state index in [9.17, 15) is 4.79 Å². The third-order valence-corrected chi connectivity index (χ3v) is 6.05. The smallest absolute Gasteiger partial charge is 0.282 e. The molecule has 1 amide bonds. The van der Waals surface area contributed by atoms with Crippen LogP contribution in [0, 0.1) is 0 Å². The molecule has 1 aliphatic rings. The van der Waals surface area contributed by atoms with Crippen LogP contribution in [0.3, 0.4) is 0 Å². The summed E-state index contributed by atoms with van der Waals surface area (Å²) in [6.07, 6.45) is 0. The Hall–Kier alpha value is -0.470. The van der Waals surface area contributed by atoms with Crippen molar-refractivity contribution in [2.75, 3.05) is 35.7 Å². The molecule has 2 N–H and O–H groups in total. The van der Waals surface area contributed by atoms with Gasteiger partial charge in [-0.1, -0.05) is 11.3 Å². The number of rotatable bonds is 5. The van der Waals surface area contributed by atoms with Gasteiger partial charge in [-0.2, -0.15) is 23.5 Å². The van der Waals surface area contributed by atoms with Crippen molar-refractivity contribution in [3.8, 4) is 0 Å². The Labute approximate surface area is 119 Å². The highest BCUT2D eigenvalue weighted by Gasteiger charge is 2.17. The Bertz CT molecular complexity index is 392. The van der Waals surface area contributed by atoms with E-state index in [2.05, 4.69) is 20.8 Å². The number of thioether (sulfide) groups is 2. The van der Waals surface area contributed by atoms with Crippen molar-refractivity contribution in [2.24, 2.45) is 0 Å². The number of nitrogens with zero attached hydrogens (tertiary/aromatic N) is 2. The summed E-state index contributed by atoms with van der Waals surface area (Å²) in [5, 5.41) is 15.4. The van der Waals surface area contributed by atoms with E-state index >= 15 is 0 Å². The lowest BCUT2D eigenvalue weighted by Crippen LogP contribution is -2.33. The quantitative estimate of drug-likeness (QED) is 0.860. The predicted molar refractivity (Wildman–Crippen MR) is 80.0 cm³/mol. The molecule has 0 radical (unpaired) electrons. The van der Waals surface area contributed by atoms with Crippen LogP contribution < -0.4 is 10.6 Å². The van der Waals surface area contributed by atoms with Gasteiger partial charge in [-0.3, -0.25) is 4.79 Å². The molecule has 1 atom stereocenters. The SMILES string of the molecule is CCNc1nnc(C(=O)NCC2CSCCS2)s1. The van der Waals surface area contributed by atoms with E-state index in [4.69, 9.17) is 0 Å². The molecule has 5 nitrogen and oxygen atoms in total. The molecule has 2 rings (SSSR count). The number of amides is 1. The number of carbonyl (C=O) groups excluding carboxylic acids is 1. The van der Waals surface area contributed by atoms with Gasteiger partial charge in [0.25, 0.3) is 5.91 Å². The van der Waals surface area contributed by atoms with Crippen molar-refractivity contribution in [3.05, 3.63) is 5.01 Å². The van der Waals surface area contributed by atoms with Gasteiger partial charge in [0.15, 0.2) is 0 Å². The summed E-state index contributed by atoms with van der Waals surface area (Å²) in [5.41, 5.74) is 0. The minimum Gasteiger partial charge on any atom is -0.360 e. The minimum atomic E-state index is -0.118. The van der Waals surface area contributed by atoms with Crippen LogP contribution in [0.1, 0.15) is 16.7 Å². The molecule has 0 aromatic carbocycles. The molecule has 1 aromatic heterocycles. The highest BCUT2D eigenvalue weighted by atomic mass is 32.2. The van der Waals surface area contributed by atoms with Crippen LogP contribution in [0.4, 0.5) is 5.13 Å². The molecule has 0 spiro atoms. The van der Waals surface area contributed by atoms with E-state index in [1.165, 1.54) is 22.8 Å². The fraction of sp³-hybridized carbons (Fsp3) is 0.700. The first-order chi connectivity index (χ1) is 8.79. The second-order valence-electron chi connectivity index (χ2n) is 3.72. The van der Waals surface area contributed by atoms with Crippen LogP contribution in [-0.2, 0) is 0 Å². The highest BCUT2D eigenvalue weighted by Crippen LogP contribution is 2.23. The van der Waals surface area contributed by atoms with Crippen molar-refractivity contribution in [3.63, 3.8) is 0 Å². The van der Waals surface area contributed by atoms with Gasteiger partial charge < -0.3 is 10.6 Å². The summed E-state index contributed by atoms with van der Waals surface area (Å²) in [5.74, 6) is 3.39. The Morgan fingerprint density at radius 3 is 3.06 bits per heavy atom. The van der Waals surface area contributed by atoms with Gasteiger partial charge in [-0.25, -0.2) is 0 Å². The van der Waals surface area contributed by atoms with Gasteiger partial charge in [-0.05, 0) is 6.92 Å². The number of aromatic nitrogens is 2. The minimum absolute atomic E-state index is 0.118. The molecule has 8 heteroatoms. The summed E-state index contributed by atoms with van der Waals surface area (Å²) in [6.45, 7) is 3.48. The van der Waals surface area contributed by atoms with E-state index in [0.717, 1.165) is 12.3 Å². The van der Waals surface area contributed by atoms with Crippen LogP contribution >= 0.6 is 34.9 Å². The molecule has 0 bridgehead atoms. The van der Waals surface area contributed by atoms with Gasteiger partial charge in [-0.15, -0.1) is 10.2 Å². The number of carbonyl (C=O) groups is 1. The summed E-state index contributed by atoms with van der Waals surface area (Å²) < 4.78 is 0. The fourth-order valence-electron chi connectivity index (χ4n) is 1.47. The molecule has 1 fully saturated rings. The maximum absolute atomic E-state index is 11.9. The predicted octanol–water partition coefficient (Wildman–Crippen LogP) is 1.55. The van der Waals surface area contributed by atoms with Gasteiger partial charge in [0, 0.05) is 35.6 Å². The summed E-state index contributed by atoms with van der Waals surface area (Å²) in [4.78, 5) is 11.9. The van der Waals surface area contributed by atoms with Crippen LogP contribution in [0.15, 0.2) is 0 Å². The Balaban J connectivity index is 1.79. The van der Waals surface area contributed by atoms with Crippen LogP contribution in [-0.4, -0.2) is 51.7 Å². The molecule has 1 aromatic rings. The monoisotopic (exact) mass is 304 g/mol. The summed E-state index contributed by atoms with van der Waals surface area (Å²) in [6, 6.07) is 0. The third kappa shape index (κ3) is 4.03. The number of hydrogen-bond donors (Lipinski definition) is 2. The molecule has 100 valence electrons. The highest BCUT2D eigenvalue weighted by molar-refractivity contribution is 8.06. The Morgan fingerprint density at radius 1 is 1.44 bits per heavy atom. The molecular weight excluding hydrogens is 288 g/mol. The number of hydrogen-bond acceptors (Lipinski definition) is 7. The molecule has 1 unspecified atom stereocenters. The zero-order valence-corrected chi connectivity index (χ0v) is 12.6. The molecule has 0 aliphatic carbocycles. The van der Waals surface area contributed by atoms with E-state index in [-0.39, 0.29) is 5.91 Å². The van der Waals surface area contributed by atoms with E-state index in [1.807, 2.05) is 30.4 Å². The fourth-order valence-corrected chi connectivity index (χ4v) is 4.81. The molecule has 0 saturated carbocycles. The van der Waals surface area contributed by atoms with Crippen molar-refractivity contribution >= 4 is 45.9 Å². The number of nitrogens with one attached hydrogen (secondary N) is 2. The van der Waals surface area contributed by atoms with Crippen LogP contribution in [0.2, 0.25) is 0 Å². The summed E-state index contributed by atoms with van der Waals surface area (Å²) in [7, 11) is 0. The lowest BCUT2D eigenvalue weighted by Gasteiger charge is -2.20. The van der Waals surface area contributed by atoms with Crippen molar-refractivity contribution < 1.29 is 4.79 Å². The average Bonchev–Trinajstić information content (AvgIpc) is 2.86. The van der Waals surface area contributed by atoms with Crippen molar-refractivity contribution in [1.82, 2.24) is 15.5 Å². The average molecular weight is 304 g/mol. The van der Waals surface area contributed by atoms with E-state index < -0.39 is 0 Å². The van der Waals surface area contributed by atoms with Crippen molar-refractivity contribution in [2.45, 2.75) is 12.2 Å². The van der Waals surface area contributed by atoms with Crippen molar-refractivity contribution in [1.29, 1.82) is 0 Å². The maximum atomic E-state index is 11.9. The Kier molecular flexibility index (Phi) is 5.58. The second kappa shape index (κ2) is 7.20. The van der Waals surface area contributed by atoms with Crippen LogP contribution in [0.25, 0.3) is 0 Å². The van der Waals surface area contributed by atoms with Gasteiger partial charge in [0.1, 0.15) is 0 Å².